The summed E-state index contributed by atoms with van der Waals surface area (Å²) in [5.41, 5.74) is 7.89. The lowest BCUT2D eigenvalue weighted by molar-refractivity contribution is 0.345. The van der Waals surface area contributed by atoms with E-state index >= 15 is 0 Å². The van der Waals surface area contributed by atoms with Crippen molar-refractivity contribution in [1.29, 1.82) is 0 Å². The normalized spacial score (nSPS) is 24.4. The number of rotatable bonds is 2. The van der Waals surface area contributed by atoms with Crippen molar-refractivity contribution >= 4 is 15.9 Å². The van der Waals surface area contributed by atoms with Gasteiger partial charge < -0.3 is 5.73 Å². The first-order valence-corrected chi connectivity index (χ1v) is 9.13. The summed E-state index contributed by atoms with van der Waals surface area (Å²) in [7, 11) is -3.43. The second kappa shape index (κ2) is 5.94. The third-order valence-corrected chi connectivity index (χ3v) is 6.36. The van der Waals surface area contributed by atoms with Gasteiger partial charge in [0.05, 0.1) is 5.69 Å². The van der Waals surface area contributed by atoms with Gasteiger partial charge in [-0.3, -0.25) is 4.31 Å². The van der Waals surface area contributed by atoms with E-state index in [2.05, 4.69) is 0 Å². The number of nitrogens with two attached hydrogens (primary N) is 1. The van der Waals surface area contributed by atoms with Gasteiger partial charge in [0, 0.05) is 25.7 Å². The van der Waals surface area contributed by atoms with E-state index in [4.69, 9.17) is 5.73 Å². The molecule has 2 aliphatic heterocycles. The first kappa shape index (κ1) is 14.8. The molecule has 116 valence electrons. The van der Waals surface area contributed by atoms with Crippen LogP contribution in [0.3, 0.4) is 0 Å². The summed E-state index contributed by atoms with van der Waals surface area (Å²) < 4.78 is 29.1. The Morgan fingerprint density at radius 2 is 1.71 bits per heavy atom. The molecule has 5 nitrogen and oxygen atoms in total. The summed E-state index contributed by atoms with van der Waals surface area (Å²) in [5, 5.41) is 0. The minimum Gasteiger partial charge on any atom is -0.324 e. The van der Waals surface area contributed by atoms with Crippen molar-refractivity contribution in [3.05, 3.63) is 29.8 Å². The molecule has 0 saturated carbocycles. The number of hydrogen-bond donors (Lipinski definition) is 1. The topological polar surface area (TPSA) is 66.6 Å². The number of anilines is 1. The molecule has 0 radical (unpaired) electrons. The molecule has 2 aliphatic rings. The van der Waals surface area contributed by atoms with Crippen LogP contribution >= 0.6 is 0 Å². The maximum absolute atomic E-state index is 13.0. The molecule has 1 aromatic carbocycles. The number of para-hydroxylation sites is 1. The maximum Gasteiger partial charge on any atom is 0.304 e. The average molecular weight is 309 g/mol. The predicted octanol–water partition coefficient (Wildman–Crippen LogP) is 2.02. The lowest BCUT2D eigenvalue weighted by Gasteiger charge is -2.33. The van der Waals surface area contributed by atoms with E-state index in [0.29, 0.717) is 19.6 Å². The fraction of sp³-hybridized carbons (Fsp3) is 0.600. The average Bonchev–Trinajstić information content (AvgIpc) is 2.68. The molecule has 1 aromatic rings. The largest absolute Gasteiger partial charge is 0.324 e. The molecule has 1 fully saturated rings. The summed E-state index contributed by atoms with van der Waals surface area (Å²) >= 11 is 0. The van der Waals surface area contributed by atoms with Crippen LogP contribution < -0.4 is 10.0 Å². The van der Waals surface area contributed by atoms with E-state index in [-0.39, 0.29) is 6.04 Å². The summed E-state index contributed by atoms with van der Waals surface area (Å²) in [5.74, 6) is 0. The quantitative estimate of drug-likeness (QED) is 0.909. The Kier molecular flexibility index (Phi) is 4.19. The molecule has 0 bridgehead atoms. The Bertz CT molecular complexity index is 597. The second-order valence-electron chi connectivity index (χ2n) is 5.85. The van der Waals surface area contributed by atoms with E-state index in [1.807, 2.05) is 24.3 Å². The fourth-order valence-electron chi connectivity index (χ4n) is 3.23. The highest BCUT2D eigenvalue weighted by atomic mass is 32.2. The Morgan fingerprint density at radius 1 is 1.00 bits per heavy atom. The van der Waals surface area contributed by atoms with Gasteiger partial charge >= 0.3 is 10.2 Å². The zero-order valence-corrected chi connectivity index (χ0v) is 13.1. The molecule has 1 unspecified atom stereocenters. The highest BCUT2D eigenvalue weighted by molar-refractivity contribution is 7.90. The zero-order valence-electron chi connectivity index (χ0n) is 12.2. The van der Waals surface area contributed by atoms with E-state index in [1.54, 1.807) is 8.61 Å². The van der Waals surface area contributed by atoms with Crippen LogP contribution in [0.1, 0.15) is 43.7 Å². The van der Waals surface area contributed by atoms with Crippen LogP contribution in [0.4, 0.5) is 5.69 Å². The Labute approximate surface area is 126 Å². The fourth-order valence-corrected chi connectivity index (χ4v) is 5.01. The molecule has 3 rings (SSSR count). The van der Waals surface area contributed by atoms with Gasteiger partial charge in [0.2, 0.25) is 0 Å². The van der Waals surface area contributed by atoms with E-state index in [0.717, 1.165) is 43.4 Å². The lowest BCUT2D eigenvalue weighted by atomic mass is 10.0. The van der Waals surface area contributed by atoms with Crippen molar-refractivity contribution in [2.24, 2.45) is 5.73 Å². The van der Waals surface area contributed by atoms with E-state index in [1.165, 1.54) is 0 Å². The minimum atomic E-state index is -3.43. The van der Waals surface area contributed by atoms with Gasteiger partial charge in [0.1, 0.15) is 0 Å². The van der Waals surface area contributed by atoms with Crippen LogP contribution in [0.25, 0.3) is 0 Å². The van der Waals surface area contributed by atoms with Crippen LogP contribution in [-0.4, -0.2) is 32.4 Å². The van der Waals surface area contributed by atoms with Gasteiger partial charge in [-0.2, -0.15) is 12.7 Å². The van der Waals surface area contributed by atoms with Gasteiger partial charge in [-0.25, -0.2) is 0 Å². The highest BCUT2D eigenvalue weighted by Crippen LogP contribution is 2.34. The SMILES string of the molecule is NC1CCCN(S(=O)(=O)N2CCCCC2)c2ccccc21. The molecule has 21 heavy (non-hydrogen) atoms. The summed E-state index contributed by atoms with van der Waals surface area (Å²) in [6, 6.07) is 7.56. The summed E-state index contributed by atoms with van der Waals surface area (Å²) in [4.78, 5) is 0. The van der Waals surface area contributed by atoms with Crippen LogP contribution in [0.2, 0.25) is 0 Å². The van der Waals surface area contributed by atoms with Crippen LogP contribution in [0.5, 0.6) is 0 Å². The van der Waals surface area contributed by atoms with Crippen molar-refractivity contribution in [1.82, 2.24) is 4.31 Å². The summed E-state index contributed by atoms with van der Waals surface area (Å²) in [6.45, 7) is 1.78. The molecular formula is C15H23N3O2S. The van der Waals surface area contributed by atoms with Gasteiger partial charge in [0.25, 0.3) is 0 Å². The molecule has 1 saturated heterocycles. The van der Waals surface area contributed by atoms with Gasteiger partial charge in [-0.05, 0) is 37.3 Å². The van der Waals surface area contributed by atoms with Gasteiger partial charge in [0.15, 0.2) is 0 Å². The molecule has 0 aromatic heterocycles. The van der Waals surface area contributed by atoms with Crippen molar-refractivity contribution in [2.75, 3.05) is 23.9 Å². The summed E-state index contributed by atoms with van der Waals surface area (Å²) in [6.07, 6.45) is 4.64. The molecule has 0 amide bonds. The van der Waals surface area contributed by atoms with Gasteiger partial charge in [-0.15, -0.1) is 0 Å². The number of benzene rings is 1. The predicted molar refractivity (Wildman–Crippen MR) is 84.3 cm³/mol. The molecule has 2 N–H and O–H groups in total. The standard InChI is InChI=1S/C15H23N3O2S/c16-14-8-6-12-18(15-9-3-2-7-13(14)15)21(19,20)17-10-4-1-5-11-17/h2-3,7,9,14H,1,4-6,8,10-12,16H2. The van der Waals surface area contributed by atoms with Crippen molar-refractivity contribution in [2.45, 2.75) is 38.1 Å². The van der Waals surface area contributed by atoms with Crippen LogP contribution in [-0.2, 0) is 10.2 Å². The Hall–Kier alpha value is -1.11. The first-order valence-electron chi connectivity index (χ1n) is 7.73. The van der Waals surface area contributed by atoms with E-state index < -0.39 is 10.2 Å². The molecular weight excluding hydrogens is 286 g/mol. The Morgan fingerprint density at radius 3 is 2.48 bits per heavy atom. The van der Waals surface area contributed by atoms with Crippen molar-refractivity contribution in [3.63, 3.8) is 0 Å². The molecule has 1 atom stereocenters. The molecule has 0 aliphatic carbocycles. The Balaban J connectivity index is 1.99. The van der Waals surface area contributed by atoms with Crippen LogP contribution in [0.15, 0.2) is 24.3 Å². The van der Waals surface area contributed by atoms with Crippen LogP contribution in [0, 0.1) is 0 Å². The third-order valence-electron chi connectivity index (χ3n) is 4.40. The van der Waals surface area contributed by atoms with Crippen molar-refractivity contribution in [3.8, 4) is 0 Å². The minimum absolute atomic E-state index is 0.0808. The van der Waals surface area contributed by atoms with Gasteiger partial charge in [-0.1, -0.05) is 24.6 Å². The van der Waals surface area contributed by atoms with E-state index in [9.17, 15) is 8.42 Å². The monoisotopic (exact) mass is 309 g/mol. The smallest absolute Gasteiger partial charge is 0.304 e. The number of nitrogens with zero attached hydrogens (tertiary/aromatic N) is 2. The molecule has 6 heteroatoms. The number of fused-ring (bicyclic) bond motifs is 1. The number of hydrogen-bond acceptors (Lipinski definition) is 3. The molecule has 0 spiro atoms. The maximum atomic E-state index is 13.0. The third kappa shape index (κ3) is 2.80. The van der Waals surface area contributed by atoms with Crippen molar-refractivity contribution < 1.29 is 8.42 Å². The molecule has 2 heterocycles. The zero-order chi connectivity index (χ0) is 14.9. The number of piperidine rings is 1. The lowest BCUT2D eigenvalue weighted by Crippen LogP contribution is -2.46. The second-order valence-corrected chi connectivity index (χ2v) is 7.70. The highest BCUT2D eigenvalue weighted by Gasteiger charge is 2.33. The first-order chi connectivity index (χ1) is 10.1.